The minimum atomic E-state index is -0.820. The van der Waals surface area contributed by atoms with Crippen LogP contribution in [-0.4, -0.2) is 17.1 Å². The molecule has 0 aliphatic rings. The molecule has 1 aromatic heterocycles. The molecule has 1 atom stereocenters. The molecule has 0 amide bonds. The van der Waals surface area contributed by atoms with Crippen molar-refractivity contribution in [3.63, 3.8) is 0 Å². The fraction of sp³-hybridized carbons (Fsp3) is 0.545. The van der Waals surface area contributed by atoms with Crippen molar-refractivity contribution in [1.82, 2.24) is 5.32 Å². The first-order valence-corrected chi connectivity index (χ1v) is 5.98. The Kier molecular flexibility index (Phi) is 5.02. The van der Waals surface area contributed by atoms with Crippen LogP contribution in [0.25, 0.3) is 0 Å². The van der Waals surface area contributed by atoms with E-state index < -0.39 is 12.0 Å². The summed E-state index contributed by atoms with van der Waals surface area (Å²) in [6, 6.07) is 3.07. The van der Waals surface area contributed by atoms with E-state index in [1.165, 1.54) is 0 Å². The van der Waals surface area contributed by atoms with Crippen LogP contribution in [0.15, 0.2) is 21.2 Å². The first-order valence-electron chi connectivity index (χ1n) is 5.19. The molecule has 1 heterocycles. The first-order chi connectivity index (χ1) is 7.49. The van der Waals surface area contributed by atoms with Gasteiger partial charge in [0.1, 0.15) is 11.8 Å². The number of aliphatic carboxylic acids is 1. The van der Waals surface area contributed by atoms with Crippen LogP contribution < -0.4 is 5.32 Å². The lowest BCUT2D eigenvalue weighted by atomic mass is 10.0. The lowest BCUT2D eigenvalue weighted by Crippen LogP contribution is -2.37. The van der Waals surface area contributed by atoms with Crippen LogP contribution in [-0.2, 0) is 11.3 Å². The van der Waals surface area contributed by atoms with Crippen molar-refractivity contribution in [1.29, 1.82) is 0 Å². The second-order valence-corrected chi connectivity index (χ2v) is 4.89. The van der Waals surface area contributed by atoms with Gasteiger partial charge in [0.2, 0.25) is 0 Å². The zero-order chi connectivity index (χ0) is 12.1. The molecule has 0 spiro atoms. The van der Waals surface area contributed by atoms with E-state index in [1.807, 2.05) is 19.9 Å². The molecule has 0 aliphatic heterocycles. The number of furan rings is 1. The lowest BCUT2D eigenvalue weighted by molar-refractivity contribution is -0.140. The Hall–Kier alpha value is -0.810. The standard InChI is InChI=1S/C11H16BrNO3/c1-7(2)5-9(11(14)15)13-6-8-3-4-10(12)16-8/h3-4,7,9,13H,5-6H2,1-2H3,(H,14,15)/t9-/m0/s1. The normalized spacial score (nSPS) is 13.0. The van der Waals surface area contributed by atoms with Gasteiger partial charge in [0, 0.05) is 0 Å². The second kappa shape index (κ2) is 6.06. The summed E-state index contributed by atoms with van der Waals surface area (Å²) in [6.07, 6.45) is 0.608. The molecule has 1 aromatic rings. The molecule has 16 heavy (non-hydrogen) atoms. The summed E-state index contributed by atoms with van der Waals surface area (Å²) in [5.41, 5.74) is 0. The predicted octanol–water partition coefficient (Wildman–Crippen LogP) is 2.63. The predicted molar refractivity (Wildman–Crippen MR) is 64.1 cm³/mol. The Bertz CT molecular complexity index is 349. The Balaban J connectivity index is 2.46. The maximum atomic E-state index is 11.0. The average molecular weight is 290 g/mol. The minimum Gasteiger partial charge on any atom is -0.480 e. The zero-order valence-corrected chi connectivity index (χ0v) is 11.0. The van der Waals surface area contributed by atoms with Gasteiger partial charge in [-0.3, -0.25) is 10.1 Å². The largest absolute Gasteiger partial charge is 0.480 e. The Labute approximate surface area is 103 Å². The van der Waals surface area contributed by atoms with Gasteiger partial charge in [0.25, 0.3) is 0 Å². The highest BCUT2D eigenvalue weighted by Gasteiger charge is 2.18. The van der Waals surface area contributed by atoms with Crippen LogP contribution in [0.5, 0.6) is 0 Å². The van der Waals surface area contributed by atoms with Crippen molar-refractivity contribution in [2.24, 2.45) is 5.92 Å². The third-order valence-corrected chi connectivity index (χ3v) is 2.58. The van der Waals surface area contributed by atoms with E-state index in [2.05, 4.69) is 21.2 Å². The fourth-order valence-corrected chi connectivity index (χ4v) is 1.75. The molecule has 0 unspecified atom stereocenters. The quantitative estimate of drug-likeness (QED) is 0.845. The van der Waals surface area contributed by atoms with E-state index in [4.69, 9.17) is 9.52 Å². The first kappa shape index (κ1) is 13.3. The maximum absolute atomic E-state index is 11.0. The van der Waals surface area contributed by atoms with Gasteiger partial charge in [-0.15, -0.1) is 0 Å². The van der Waals surface area contributed by atoms with Crippen LogP contribution in [0, 0.1) is 5.92 Å². The maximum Gasteiger partial charge on any atom is 0.320 e. The minimum absolute atomic E-state index is 0.344. The SMILES string of the molecule is CC(C)C[C@H](NCc1ccc(Br)o1)C(=O)O. The van der Waals surface area contributed by atoms with Crippen molar-refractivity contribution in [3.8, 4) is 0 Å². The highest BCUT2D eigenvalue weighted by atomic mass is 79.9. The molecule has 90 valence electrons. The smallest absolute Gasteiger partial charge is 0.320 e. The molecule has 1 rings (SSSR count). The Morgan fingerprint density at radius 2 is 2.25 bits per heavy atom. The number of hydrogen-bond donors (Lipinski definition) is 2. The van der Waals surface area contributed by atoms with E-state index in [-0.39, 0.29) is 0 Å². The van der Waals surface area contributed by atoms with E-state index >= 15 is 0 Å². The van der Waals surface area contributed by atoms with Crippen LogP contribution in [0.3, 0.4) is 0 Å². The summed E-state index contributed by atoms with van der Waals surface area (Å²) < 4.78 is 5.93. The Morgan fingerprint density at radius 3 is 2.69 bits per heavy atom. The summed E-state index contributed by atoms with van der Waals surface area (Å²) in [5, 5.41) is 12.0. The second-order valence-electron chi connectivity index (χ2n) is 4.11. The van der Waals surface area contributed by atoms with Crippen molar-refractivity contribution >= 4 is 21.9 Å². The zero-order valence-electron chi connectivity index (χ0n) is 9.37. The molecule has 0 fully saturated rings. The molecular formula is C11H16BrNO3. The van der Waals surface area contributed by atoms with Gasteiger partial charge in [-0.25, -0.2) is 0 Å². The third kappa shape index (κ3) is 4.37. The number of carbonyl (C=O) groups is 1. The number of hydrogen-bond acceptors (Lipinski definition) is 3. The van der Waals surface area contributed by atoms with Gasteiger partial charge in [0.15, 0.2) is 4.67 Å². The monoisotopic (exact) mass is 289 g/mol. The van der Waals surface area contributed by atoms with Gasteiger partial charge >= 0.3 is 5.97 Å². The summed E-state index contributed by atoms with van der Waals surface area (Å²) in [6.45, 7) is 4.43. The van der Waals surface area contributed by atoms with Gasteiger partial charge in [-0.05, 0) is 40.4 Å². The third-order valence-electron chi connectivity index (χ3n) is 2.16. The molecule has 0 radical (unpaired) electrons. The molecule has 2 N–H and O–H groups in total. The van der Waals surface area contributed by atoms with E-state index in [1.54, 1.807) is 6.07 Å². The number of rotatable bonds is 6. The van der Waals surface area contributed by atoms with Crippen LogP contribution in [0.4, 0.5) is 0 Å². The van der Waals surface area contributed by atoms with E-state index in [0.29, 0.717) is 23.6 Å². The number of nitrogens with one attached hydrogen (secondary N) is 1. The van der Waals surface area contributed by atoms with Crippen LogP contribution >= 0.6 is 15.9 Å². The fourth-order valence-electron chi connectivity index (χ4n) is 1.41. The molecule has 0 aromatic carbocycles. The molecule has 0 bridgehead atoms. The molecule has 5 heteroatoms. The molecule has 0 saturated carbocycles. The molecule has 0 saturated heterocycles. The van der Waals surface area contributed by atoms with Gasteiger partial charge in [-0.1, -0.05) is 13.8 Å². The van der Waals surface area contributed by atoms with Gasteiger partial charge in [-0.2, -0.15) is 0 Å². The summed E-state index contributed by atoms with van der Waals surface area (Å²) in [5.74, 6) is 0.248. The highest BCUT2D eigenvalue weighted by molar-refractivity contribution is 9.10. The number of carboxylic acid groups (broad SMARTS) is 1. The van der Waals surface area contributed by atoms with Crippen molar-refractivity contribution in [3.05, 3.63) is 22.6 Å². The summed E-state index contributed by atoms with van der Waals surface area (Å²) >= 11 is 3.20. The number of carboxylic acids is 1. The van der Waals surface area contributed by atoms with Crippen LogP contribution in [0.1, 0.15) is 26.0 Å². The Morgan fingerprint density at radius 1 is 1.56 bits per heavy atom. The van der Waals surface area contributed by atoms with E-state index in [0.717, 1.165) is 5.76 Å². The number of halogens is 1. The highest BCUT2D eigenvalue weighted by Crippen LogP contribution is 2.14. The molecule has 4 nitrogen and oxygen atoms in total. The summed E-state index contributed by atoms with van der Waals surface area (Å²) in [7, 11) is 0. The lowest BCUT2D eigenvalue weighted by Gasteiger charge is -2.15. The van der Waals surface area contributed by atoms with Crippen molar-refractivity contribution in [2.75, 3.05) is 0 Å². The van der Waals surface area contributed by atoms with Crippen molar-refractivity contribution in [2.45, 2.75) is 32.9 Å². The van der Waals surface area contributed by atoms with Crippen molar-refractivity contribution < 1.29 is 14.3 Å². The molecular weight excluding hydrogens is 274 g/mol. The average Bonchev–Trinajstić information content (AvgIpc) is 2.58. The summed E-state index contributed by atoms with van der Waals surface area (Å²) in [4.78, 5) is 11.0. The van der Waals surface area contributed by atoms with Crippen LogP contribution in [0.2, 0.25) is 0 Å². The topological polar surface area (TPSA) is 62.5 Å². The molecule has 0 aliphatic carbocycles. The van der Waals surface area contributed by atoms with Gasteiger partial charge in [0.05, 0.1) is 6.54 Å². The van der Waals surface area contributed by atoms with E-state index in [9.17, 15) is 4.79 Å². The van der Waals surface area contributed by atoms with Gasteiger partial charge < -0.3 is 9.52 Å².